The van der Waals surface area contributed by atoms with Gasteiger partial charge in [0.25, 0.3) is 0 Å². The molecule has 0 aliphatic carbocycles. The van der Waals surface area contributed by atoms with Crippen molar-refractivity contribution in [2.45, 2.75) is 65.1 Å². The van der Waals surface area contributed by atoms with Gasteiger partial charge in [-0.1, -0.05) is 33.1 Å². The van der Waals surface area contributed by atoms with Gasteiger partial charge >= 0.3 is 5.97 Å². The minimum atomic E-state index is -0.520. The van der Waals surface area contributed by atoms with Crippen LogP contribution in [0.5, 0.6) is 0 Å². The minimum absolute atomic E-state index is 0.137. The molecule has 0 aromatic rings. The molecule has 1 saturated heterocycles. The Morgan fingerprint density at radius 1 is 1.50 bits per heavy atom. The molecule has 4 unspecified atom stereocenters. The van der Waals surface area contributed by atoms with E-state index < -0.39 is 6.10 Å². The topological polar surface area (TPSA) is 46.5 Å². The standard InChI is InChI=1S/C13H24O3/c1-4-5-6-7-9(2)12-11(14)8-10(3)16-13(12)15/h9-12,14H,4-8H2,1-3H3. The third-order valence-corrected chi connectivity index (χ3v) is 3.45. The van der Waals surface area contributed by atoms with Crippen LogP contribution in [0.2, 0.25) is 0 Å². The summed E-state index contributed by atoms with van der Waals surface area (Å²) in [7, 11) is 0. The summed E-state index contributed by atoms with van der Waals surface area (Å²) in [6.45, 7) is 6.04. The first-order chi connectivity index (χ1) is 7.56. The Labute approximate surface area is 98.2 Å². The molecule has 1 aliphatic heterocycles. The number of esters is 1. The Kier molecular flexibility index (Phi) is 5.26. The first-order valence-electron chi connectivity index (χ1n) is 6.44. The molecule has 3 nitrogen and oxygen atoms in total. The van der Waals surface area contributed by atoms with Gasteiger partial charge < -0.3 is 9.84 Å². The minimum Gasteiger partial charge on any atom is -0.462 e. The van der Waals surface area contributed by atoms with Gasteiger partial charge in [0, 0.05) is 6.42 Å². The van der Waals surface area contributed by atoms with Crippen LogP contribution in [0, 0.1) is 11.8 Å². The molecule has 1 fully saturated rings. The third-order valence-electron chi connectivity index (χ3n) is 3.45. The summed E-state index contributed by atoms with van der Waals surface area (Å²) in [5.74, 6) is -0.301. The number of hydrogen-bond acceptors (Lipinski definition) is 3. The lowest BCUT2D eigenvalue weighted by molar-refractivity contribution is -0.172. The van der Waals surface area contributed by atoms with E-state index in [1.165, 1.54) is 12.8 Å². The van der Waals surface area contributed by atoms with E-state index in [4.69, 9.17) is 4.74 Å². The van der Waals surface area contributed by atoms with E-state index in [1.54, 1.807) is 0 Å². The average Bonchev–Trinajstić information content (AvgIpc) is 2.16. The van der Waals surface area contributed by atoms with E-state index in [2.05, 4.69) is 6.92 Å². The highest BCUT2D eigenvalue weighted by atomic mass is 16.5. The van der Waals surface area contributed by atoms with Crippen LogP contribution in [-0.2, 0) is 9.53 Å². The second kappa shape index (κ2) is 6.24. The monoisotopic (exact) mass is 228 g/mol. The van der Waals surface area contributed by atoms with Crippen LogP contribution < -0.4 is 0 Å². The van der Waals surface area contributed by atoms with Crippen LogP contribution >= 0.6 is 0 Å². The van der Waals surface area contributed by atoms with E-state index in [1.807, 2.05) is 13.8 Å². The van der Waals surface area contributed by atoms with Crippen molar-refractivity contribution < 1.29 is 14.6 Å². The lowest BCUT2D eigenvalue weighted by atomic mass is 9.82. The lowest BCUT2D eigenvalue weighted by Gasteiger charge is -2.34. The number of rotatable bonds is 5. The summed E-state index contributed by atoms with van der Waals surface area (Å²) in [4.78, 5) is 11.7. The fraction of sp³-hybridized carbons (Fsp3) is 0.923. The van der Waals surface area contributed by atoms with Crippen LogP contribution in [0.25, 0.3) is 0 Å². The molecule has 0 radical (unpaired) electrons. The maximum atomic E-state index is 11.7. The van der Waals surface area contributed by atoms with Crippen molar-refractivity contribution in [3.05, 3.63) is 0 Å². The van der Waals surface area contributed by atoms with Crippen molar-refractivity contribution in [3.63, 3.8) is 0 Å². The van der Waals surface area contributed by atoms with Gasteiger partial charge in [-0.05, 0) is 19.3 Å². The number of aliphatic hydroxyl groups excluding tert-OH is 1. The Morgan fingerprint density at radius 2 is 2.19 bits per heavy atom. The third kappa shape index (κ3) is 3.48. The summed E-state index contributed by atoms with van der Waals surface area (Å²) in [6.07, 6.45) is 4.42. The quantitative estimate of drug-likeness (QED) is 0.581. The first kappa shape index (κ1) is 13.5. The molecule has 0 aromatic carbocycles. The number of carbonyl (C=O) groups excluding carboxylic acids is 1. The molecule has 0 amide bonds. The normalized spacial score (nSPS) is 32.2. The van der Waals surface area contributed by atoms with Gasteiger partial charge in [0.05, 0.1) is 12.0 Å². The van der Waals surface area contributed by atoms with Crippen molar-refractivity contribution >= 4 is 5.97 Å². The van der Waals surface area contributed by atoms with E-state index in [9.17, 15) is 9.90 Å². The number of carbonyl (C=O) groups is 1. The van der Waals surface area contributed by atoms with Gasteiger partial charge in [0.2, 0.25) is 0 Å². The molecule has 1 rings (SSSR count). The maximum Gasteiger partial charge on any atom is 0.312 e. The van der Waals surface area contributed by atoms with Crippen molar-refractivity contribution in [3.8, 4) is 0 Å². The molecule has 3 heteroatoms. The van der Waals surface area contributed by atoms with E-state index in [-0.39, 0.29) is 23.9 Å². The molecule has 1 heterocycles. The molecule has 94 valence electrons. The van der Waals surface area contributed by atoms with Crippen molar-refractivity contribution in [2.75, 3.05) is 0 Å². The van der Waals surface area contributed by atoms with Gasteiger partial charge in [-0.3, -0.25) is 4.79 Å². The van der Waals surface area contributed by atoms with Crippen LogP contribution in [-0.4, -0.2) is 23.3 Å². The Hall–Kier alpha value is -0.570. The van der Waals surface area contributed by atoms with E-state index >= 15 is 0 Å². The second-order valence-corrected chi connectivity index (χ2v) is 5.05. The Morgan fingerprint density at radius 3 is 2.75 bits per heavy atom. The van der Waals surface area contributed by atoms with Gasteiger partial charge in [0.15, 0.2) is 0 Å². The zero-order chi connectivity index (χ0) is 12.1. The Balaban J connectivity index is 2.46. The molecule has 0 bridgehead atoms. The summed E-state index contributed by atoms with van der Waals surface area (Å²) in [5, 5.41) is 9.94. The van der Waals surface area contributed by atoms with Gasteiger partial charge in [-0.15, -0.1) is 0 Å². The summed E-state index contributed by atoms with van der Waals surface area (Å²) >= 11 is 0. The Bertz CT molecular complexity index is 227. The summed E-state index contributed by atoms with van der Waals surface area (Å²) in [6, 6.07) is 0. The second-order valence-electron chi connectivity index (χ2n) is 5.05. The largest absolute Gasteiger partial charge is 0.462 e. The van der Waals surface area contributed by atoms with Crippen LogP contribution in [0.1, 0.15) is 52.9 Å². The van der Waals surface area contributed by atoms with Crippen molar-refractivity contribution in [2.24, 2.45) is 11.8 Å². The van der Waals surface area contributed by atoms with Crippen LogP contribution in [0.15, 0.2) is 0 Å². The highest BCUT2D eigenvalue weighted by Crippen LogP contribution is 2.30. The smallest absolute Gasteiger partial charge is 0.312 e. The van der Waals surface area contributed by atoms with E-state index in [0.717, 1.165) is 12.8 Å². The SMILES string of the molecule is CCCCCC(C)C1C(=O)OC(C)CC1O. The zero-order valence-electron chi connectivity index (χ0n) is 10.6. The number of aliphatic hydroxyl groups is 1. The fourth-order valence-electron chi connectivity index (χ4n) is 2.48. The predicted molar refractivity (Wildman–Crippen MR) is 63.0 cm³/mol. The molecule has 4 atom stereocenters. The number of ether oxygens (including phenoxy) is 1. The highest BCUT2D eigenvalue weighted by Gasteiger charge is 2.38. The van der Waals surface area contributed by atoms with Crippen LogP contribution in [0.4, 0.5) is 0 Å². The van der Waals surface area contributed by atoms with Crippen molar-refractivity contribution in [1.29, 1.82) is 0 Å². The zero-order valence-corrected chi connectivity index (χ0v) is 10.6. The molecule has 16 heavy (non-hydrogen) atoms. The van der Waals surface area contributed by atoms with Crippen molar-refractivity contribution in [1.82, 2.24) is 0 Å². The molecule has 0 spiro atoms. The number of cyclic esters (lactones) is 1. The summed E-state index contributed by atoms with van der Waals surface area (Å²) in [5.41, 5.74) is 0. The molecular weight excluding hydrogens is 204 g/mol. The van der Waals surface area contributed by atoms with Gasteiger partial charge in [-0.25, -0.2) is 0 Å². The summed E-state index contributed by atoms with van der Waals surface area (Å²) < 4.78 is 5.20. The first-order valence-corrected chi connectivity index (χ1v) is 6.44. The van der Waals surface area contributed by atoms with Gasteiger partial charge in [0.1, 0.15) is 6.10 Å². The number of hydrogen-bond donors (Lipinski definition) is 1. The molecule has 0 aromatic heterocycles. The average molecular weight is 228 g/mol. The predicted octanol–water partition coefficient (Wildman–Crippen LogP) is 2.52. The maximum absolute atomic E-state index is 11.7. The molecule has 1 aliphatic rings. The molecule has 1 N–H and O–H groups in total. The number of unbranched alkanes of at least 4 members (excludes halogenated alkanes) is 2. The highest BCUT2D eigenvalue weighted by molar-refractivity contribution is 5.74. The van der Waals surface area contributed by atoms with E-state index in [0.29, 0.717) is 6.42 Å². The fourth-order valence-corrected chi connectivity index (χ4v) is 2.48. The van der Waals surface area contributed by atoms with Gasteiger partial charge in [-0.2, -0.15) is 0 Å². The van der Waals surface area contributed by atoms with Crippen LogP contribution in [0.3, 0.4) is 0 Å². The lowest BCUT2D eigenvalue weighted by Crippen LogP contribution is -2.43. The molecule has 0 saturated carbocycles. The molecular formula is C13H24O3.